The minimum Gasteiger partial charge on any atom is -0.591 e. The van der Waals surface area contributed by atoms with E-state index >= 15 is 0 Å². The molecule has 2 aromatic rings. The van der Waals surface area contributed by atoms with Crippen LogP contribution >= 0.6 is 0 Å². The van der Waals surface area contributed by atoms with Gasteiger partial charge >= 0.3 is 0 Å². The van der Waals surface area contributed by atoms with Crippen molar-refractivity contribution in [2.75, 3.05) is 0 Å². The van der Waals surface area contributed by atoms with Gasteiger partial charge in [0.2, 0.25) is 0 Å². The van der Waals surface area contributed by atoms with Crippen LogP contribution in [0.2, 0.25) is 0 Å². The fourth-order valence-corrected chi connectivity index (χ4v) is 3.53. The predicted molar refractivity (Wildman–Crippen MR) is 108 cm³/mol. The Hall–Kier alpha value is -1.66. The van der Waals surface area contributed by atoms with Crippen molar-refractivity contribution in [1.82, 2.24) is 9.55 Å². The molecule has 1 atom stereocenters. The second-order valence-electron chi connectivity index (χ2n) is 8.29. The lowest BCUT2D eigenvalue weighted by Gasteiger charge is -2.19. The molecule has 0 radical (unpaired) electrons. The van der Waals surface area contributed by atoms with Gasteiger partial charge in [0.1, 0.15) is 21.9 Å². The number of nitrogens with zero attached hydrogens (tertiary/aromatic N) is 3. The first kappa shape index (κ1) is 19.1. The average Bonchev–Trinajstić information content (AvgIpc) is 3.35. The zero-order chi connectivity index (χ0) is 19.2. The third-order valence-electron chi connectivity index (χ3n) is 4.72. The van der Waals surface area contributed by atoms with E-state index < -0.39 is 16.1 Å². The lowest BCUT2D eigenvalue weighted by atomic mass is 10.0. The van der Waals surface area contributed by atoms with Crippen LogP contribution in [-0.4, -0.2) is 24.6 Å². The van der Waals surface area contributed by atoms with Crippen molar-refractivity contribution >= 4 is 28.0 Å². The van der Waals surface area contributed by atoms with E-state index in [2.05, 4.69) is 4.40 Å². The van der Waals surface area contributed by atoms with E-state index in [4.69, 9.17) is 4.98 Å². The molecule has 3 rings (SSSR count). The zero-order valence-electron chi connectivity index (χ0n) is 16.4. The van der Waals surface area contributed by atoms with Crippen molar-refractivity contribution in [1.29, 1.82) is 0 Å². The number of aryl methyl sites for hydroxylation is 1. The summed E-state index contributed by atoms with van der Waals surface area (Å²) in [5, 5.41) is 0.595. The van der Waals surface area contributed by atoms with Gasteiger partial charge in [0, 0.05) is 19.0 Å². The molecule has 1 aromatic heterocycles. The summed E-state index contributed by atoms with van der Waals surface area (Å²) in [5.74, 6) is 1.46. The molecule has 5 nitrogen and oxygen atoms in total. The molecule has 0 spiro atoms. The van der Waals surface area contributed by atoms with E-state index in [0.717, 1.165) is 23.4 Å². The number of fused-ring (bicyclic) bond motifs is 1. The van der Waals surface area contributed by atoms with Gasteiger partial charge in [-0.05, 0) is 71.1 Å². The predicted octanol–water partition coefficient (Wildman–Crippen LogP) is 3.47. The van der Waals surface area contributed by atoms with Crippen molar-refractivity contribution in [3.05, 3.63) is 39.4 Å². The van der Waals surface area contributed by atoms with E-state index in [1.54, 1.807) is 11.6 Å². The number of benzene rings is 1. The molecule has 6 heteroatoms. The van der Waals surface area contributed by atoms with Crippen LogP contribution in [0.25, 0.3) is 10.9 Å². The first-order chi connectivity index (χ1) is 12.1. The average molecular weight is 374 g/mol. The van der Waals surface area contributed by atoms with Gasteiger partial charge in [-0.25, -0.2) is 4.98 Å². The summed E-state index contributed by atoms with van der Waals surface area (Å²) in [5.41, 5.74) is 3.07. The monoisotopic (exact) mass is 373 g/mol. The molecule has 0 N–H and O–H groups in total. The van der Waals surface area contributed by atoms with E-state index in [1.165, 1.54) is 12.8 Å². The molecule has 0 amide bonds. The quantitative estimate of drug-likeness (QED) is 0.609. The number of hydrogen-bond donors (Lipinski definition) is 0. The van der Waals surface area contributed by atoms with Crippen LogP contribution in [0.1, 0.15) is 57.5 Å². The van der Waals surface area contributed by atoms with Gasteiger partial charge in [0.25, 0.3) is 5.56 Å². The molecule has 26 heavy (non-hydrogen) atoms. The lowest BCUT2D eigenvalue weighted by molar-refractivity contribution is 0.561. The topological polar surface area (TPSA) is 70.3 Å². The van der Waals surface area contributed by atoms with Gasteiger partial charge in [-0.2, -0.15) is 0 Å². The second-order valence-corrected chi connectivity index (χ2v) is 10.2. The van der Waals surface area contributed by atoms with E-state index in [1.807, 2.05) is 46.8 Å². The molecule has 0 bridgehead atoms. The third-order valence-corrected chi connectivity index (χ3v) is 6.21. The highest BCUT2D eigenvalue weighted by molar-refractivity contribution is 7.91. The Bertz CT molecular complexity index is 937. The zero-order valence-corrected chi connectivity index (χ0v) is 17.2. The Morgan fingerprint density at radius 3 is 2.62 bits per heavy atom. The van der Waals surface area contributed by atoms with Crippen LogP contribution < -0.4 is 5.56 Å². The van der Waals surface area contributed by atoms with Crippen LogP contribution in [0.5, 0.6) is 0 Å². The molecule has 1 aliphatic rings. The summed E-state index contributed by atoms with van der Waals surface area (Å²) in [4.78, 5) is 17.7. The molecule has 1 aliphatic carbocycles. The highest BCUT2D eigenvalue weighted by atomic mass is 32.2. The van der Waals surface area contributed by atoms with Gasteiger partial charge in [0.15, 0.2) is 0 Å². The van der Waals surface area contributed by atoms with Crippen molar-refractivity contribution in [3.8, 4) is 0 Å². The smallest absolute Gasteiger partial charge is 0.261 e. The molecule has 140 valence electrons. The van der Waals surface area contributed by atoms with Crippen LogP contribution in [0.3, 0.4) is 0 Å². The normalized spacial score (nSPS) is 17.0. The summed E-state index contributed by atoms with van der Waals surface area (Å²) < 4.78 is 18.1. The summed E-state index contributed by atoms with van der Waals surface area (Å²) in [6, 6.07) is 3.86. The summed E-state index contributed by atoms with van der Waals surface area (Å²) in [6.07, 6.45) is 3.25. The van der Waals surface area contributed by atoms with Crippen LogP contribution in [0.4, 0.5) is 0 Å². The van der Waals surface area contributed by atoms with Crippen molar-refractivity contribution in [3.63, 3.8) is 0 Å². The summed E-state index contributed by atoms with van der Waals surface area (Å²) in [7, 11) is 1.80. The third kappa shape index (κ3) is 3.86. The Morgan fingerprint density at radius 2 is 2.04 bits per heavy atom. The Labute approximate surface area is 157 Å². The van der Waals surface area contributed by atoms with Gasteiger partial charge in [-0.15, -0.1) is 0 Å². The van der Waals surface area contributed by atoms with Crippen molar-refractivity contribution in [2.24, 2.45) is 17.4 Å². The molecule has 1 aromatic carbocycles. The fraction of sp³-hybridized carbons (Fsp3) is 0.550. The summed E-state index contributed by atoms with van der Waals surface area (Å²) in [6.45, 7) is 9.49. The van der Waals surface area contributed by atoms with Gasteiger partial charge < -0.3 is 4.55 Å². The SMILES string of the molecule is CC(=N[S@+]([O-])C(C)(C)C)c1cc(C)cc2c(=O)n(C)c(CC3CC3)nc12. The first-order valence-electron chi connectivity index (χ1n) is 9.06. The Balaban J connectivity index is 2.19. The molecule has 1 saturated carbocycles. The highest BCUT2D eigenvalue weighted by Gasteiger charge is 2.28. The molecular formula is C20H27N3O2S. The molecular weight excluding hydrogens is 346 g/mol. The largest absolute Gasteiger partial charge is 0.591 e. The molecule has 0 unspecified atom stereocenters. The van der Waals surface area contributed by atoms with Crippen LogP contribution in [-0.2, 0) is 24.8 Å². The van der Waals surface area contributed by atoms with Crippen LogP contribution in [0.15, 0.2) is 21.3 Å². The van der Waals surface area contributed by atoms with E-state index in [0.29, 0.717) is 22.5 Å². The maximum Gasteiger partial charge on any atom is 0.261 e. The first-order valence-corrected chi connectivity index (χ1v) is 10.2. The standard InChI is InChI=1S/C20H27N3O2S/c1-12-9-15(13(2)22-26(25)20(3,4)5)18-16(10-12)19(24)23(6)17(21-18)11-14-7-8-14/h9-10,14H,7-8,11H2,1-6H3/t26-/m1/s1. The van der Waals surface area contributed by atoms with E-state index in [-0.39, 0.29) is 5.56 Å². The Morgan fingerprint density at radius 1 is 1.38 bits per heavy atom. The maximum atomic E-state index is 12.9. The van der Waals surface area contributed by atoms with Crippen LogP contribution in [0, 0.1) is 12.8 Å². The van der Waals surface area contributed by atoms with Gasteiger partial charge in [0.05, 0.1) is 16.6 Å². The minimum absolute atomic E-state index is 0.0275. The molecule has 1 fully saturated rings. The number of hydrogen-bond acceptors (Lipinski definition) is 4. The lowest BCUT2D eigenvalue weighted by Crippen LogP contribution is -2.27. The van der Waals surface area contributed by atoms with Crippen molar-refractivity contribution in [2.45, 2.75) is 58.6 Å². The molecule has 0 saturated heterocycles. The number of rotatable bonds is 4. The van der Waals surface area contributed by atoms with Gasteiger partial charge in [-0.3, -0.25) is 9.36 Å². The number of aromatic nitrogens is 2. The molecule has 1 heterocycles. The summed E-state index contributed by atoms with van der Waals surface area (Å²) >= 11 is -1.35. The molecule has 0 aliphatic heterocycles. The fourth-order valence-electron chi connectivity index (χ4n) is 2.91. The second kappa shape index (κ2) is 6.82. The van der Waals surface area contributed by atoms with E-state index in [9.17, 15) is 9.35 Å². The van der Waals surface area contributed by atoms with Crippen molar-refractivity contribution < 1.29 is 4.55 Å². The highest BCUT2D eigenvalue weighted by Crippen LogP contribution is 2.32. The minimum atomic E-state index is -1.35. The Kier molecular flexibility index (Phi) is 5.01. The van der Waals surface area contributed by atoms with Gasteiger partial charge in [-0.1, -0.05) is 4.40 Å². The maximum absolute atomic E-state index is 12.9.